The Bertz CT molecular complexity index is 919. The molecule has 1 amide bonds. The second-order valence-electron chi connectivity index (χ2n) is 7.22. The average molecular weight is 381 g/mol. The van der Waals surface area contributed by atoms with Gasteiger partial charge >= 0.3 is 0 Å². The Morgan fingerprint density at radius 3 is 2.93 bits per heavy atom. The van der Waals surface area contributed by atoms with Gasteiger partial charge in [0, 0.05) is 19.0 Å². The number of para-hydroxylation sites is 1. The number of carbonyl (C=O) groups excluding carboxylic acids is 1. The van der Waals surface area contributed by atoms with Gasteiger partial charge in [-0.3, -0.25) is 4.79 Å². The van der Waals surface area contributed by atoms with E-state index in [9.17, 15) is 4.79 Å². The lowest BCUT2D eigenvalue weighted by Gasteiger charge is -2.33. The fourth-order valence-electron chi connectivity index (χ4n) is 3.64. The van der Waals surface area contributed by atoms with Crippen molar-refractivity contribution in [1.82, 2.24) is 9.88 Å². The highest BCUT2D eigenvalue weighted by molar-refractivity contribution is 7.18. The maximum Gasteiger partial charge on any atom is 0.263 e. The summed E-state index contributed by atoms with van der Waals surface area (Å²) in [6.45, 7) is 5.38. The fraction of sp³-hybridized carbons (Fsp3) is 0.364. The van der Waals surface area contributed by atoms with E-state index in [0.717, 1.165) is 47.8 Å². The van der Waals surface area contributed by atoms with Crippen LogP contribution >= 0.6 is 11.3 Å². The number of thiazole rings is 1. The highest BCUT2D eigenvalue weighted by atomic mass is 32.1. The molecule has 4 nitrogen and oxygen atoms in total. The number of hydrogen-bond donors (Lipinski definition) is 0. The van der Waals surface area contributed by atoms with Crippen LogP contribution in [0.1, 0.15) is 36.3 Å². The first kappa shape index (κ1) is 18.0. The number of ether oxygens (including phenoxy) is 1. The maximum absolute atomic E-state index is 12.9. The lowest BCUT2D eigenvalue weighted by molar-refractivity contribution is -0.139. The van der Waals surface area contributed by atoms with E-state index < -0.39 is 6.10 Å². The molecule has 0 saturated carbocycles. The van der Waals surface area contributed by atoms with Gasteiger partial charge < -0.3 is 9.64 Å². The first-order chi connectivity index (χ1) is 13.1. The number of nitrogens with zero attached hydrogens (tertiary/aromatic N) is 2. The molecule has 0 unspecified atom stereocenters. The van der Waals surface area contributed by atoms with E-state index in [0.29, 0.717) is 5.92 Å². The van der Waals surface area contributed by atoms with Gasteiger partial charge in [0.05, 0.1) is 15.2 Å². The SMILES string of the molecule is Cc1cccc(O[C@H](C)C(=O)N2CCC[C@@H](c3nc4ccccc4s3)C2)c1. The molecule has 27 heavy (non-hydrogen) atoms. The minimum atomic E-state index is -0.485. The van der Waals surface area contributed by atoms with Crippen LogP contribution in [0.25, 0.3) is 10.2 Å². The zero-order valence-corrected chi connectivity index (χ0v) is 16.5. The number of rotatable bonds is 4. The first-order valence-electron chi connectivity index (χ1n) is 9.48. The molecule has 0 bridgehead atoms. The summed E-state index contributed by atoms with van der Waals surface area (Å²) in [5.41, 5.74) is 2.18. The number of amides is 1. The predicted molar refractivity (Wildman–Crippen MR) is 109 cm³/mol. The number of aromatic nitrogens is 1. The second kappa shape index (κ2) is 7.69. The Kier molecular flexibility index (Phi) is 5.12. The molecule has 2 aromatic carbocycles. The first-order valence-corrected chi connectivity index (χ1v) is 10.3. The van der Waals surface area contributed by atoms with Gasteiger partial charge in [0.15, 0.2) is 6.10 Å². The van der Waals surface area contributed by atoms with Crippen LogP contribution < -0.4 is 4.74 Å². The van der Waals surface area contributed by atoms with Gasteiger partial charge in [-0.05, 0) is 56.5 Å². The van der Waals surface area contributed by atoms with E-state index in [1.165, 1.54) is 4.70 Å². The lowest BCUT2D eigenvalue weighted by Crippen LogP contribution is -2.45. The van der Waals surface area contributed by atoms with Crippen molar-refractivity contribution in [2.45, 2.75) is 38.7 Å². The third-order valence-corrected chi connectivity index (χ3v) is 6.24. The van der Waals surface area contributed by atoms with Crippen molar-refractivity contribution in [2.24, 2.45) is 0 Å². The largest absolute Gasteiger partial charge is 0.481 e. The Hall–Kier alpha value is -2.40. The number of piperidine rings is 1. The zero-order valence-electron chi connectivity index (χ0n) is 15.7. The summed E-state index contributed by atoms with van der Waals surface area (Å²) in [4.78, 5) is 19.7. The average Bonchev–Trinajstić information content (AvgIpc) is 3.12. The van der Waals surface area contributed by atoms with E-state index in [2.05, 4.69) is 12.1 Å². The van der Waals surface area contributed by atoms with E-state index in [-0.39, 0.29) is 5.91 Å². The molecule has 0 spiro atoms. The summed E-state index contributed by atoms with van der Waals surface area (Å²) in [6.07, 6.45) is 1.60. The van der Waals surface area contributed by atoms with Crippen LogP contribution in [-0.2, 0) is 4.79 Å². The van der Waals surface area contributed by atoms with E-state index in [1.807, 2.05) is 55.1 Å². The van der Waals surface area contributed by atoms with Gasteiger partial charge in [0.25, 0.3) is 5.91 Å². The van der Waals surface area contributed by atoms with Gasteiger partial charge in [-0.25, -0.2) is 4.98 Å². The molecule has 140 valence electrons. The van der Waals surface area contributed by atoms with E-state index in [4.69, 9.17) is 9.72 Å². The summed E-state index contributed by atoms with van der Waals surface area (Å²) in [5, 5.41) is 1.14. The van der Waals surface area contributed by atoms with Crippen molar-refractivity contribution < 1.29 is 9.53 Å². The quantitative estimate of drug-likeness (QED) is 0.654. The molecule has 1 saturated heterocycles. The van der Waals surface area contributed by atoms with Crippen molar-refractivity contribution in [3.8, 4) is 5.75 Å². The molecule has 3 aromatic rings. The third kappa shape index (κ3) is 3.98. The molecule has 1 aliphatic heterocycles. The fourth-order valence-corrected chi connectivity index (χ4v) is 4.74. The van der Waals surface area contributed by atoms with Gasteiger partial charge in [-0.2, -0.15) is 0 Å². The monoisotopic (exact) mass is 380 g/mol. The summed E-state index contributed by atoms with van der Waals surface area (Å²) in [5.74, 6) is 1.11. The van der Waals surface area contributed by atoms with Gasteiger partial charge in [-0.1, -0.05) is 24.3 Å². The Morgan fingerprint density at radius 1 is 1.26 bits per heavy atom. The summed E-state index contributed by atoms with van der Waals surface area (Å²) in [6, 6.07) is 16.1. The van der Waals surface area contributed by atoms with Crippen LogP contribution in [-0.4, -0.2) is 35.0 Å². The van der Waals surface area contributed by atoms with Crippen LogP contribution in [0.5, 0.6) is 5.75 Å². The molecule has 5 heteroatoms. The standard InChI is InChI=1S/C22H24N2O2S/c1-15-7-5-9-18(13-15)26-16(2)22(25)24-12-6-8-17(14-24)21-23-19-10-3-4-11-20(19)27-21/h3-5,7,9-11,13,16-17H,6,8,12,14H2,1-2H3/t16-,17-/m1/s1. The second-order valence-corrected chi connectivity index (χ2v) is 8.28. The molecule has 0 aliphatic carbocycles. The molecular formula is C22H24N2O2S. The number of aryl methyl sites for hydroxylation is 1. The molecule has 1 aromatic heterocycles. The molecule has 2 atom stereocenters. The normalized spacial score (nSPS) is 18.4. The van der Waals surface area contributed by atoms with Crippen LogP contribution in [0.15, 0.2) is 48.5 Å². The van der Waals surface area contributed by atoms with Gasteiger partial charge in [0.2, 0.25) is 0 Å². The molecule has 4 rings (SSSR count). The van der Waals surface area contributed by atoms with E-state index in [1.54, 1.807) is 11.3 Å². The van der Waals surface area contributed by atoms with Crippen molar-refractivity contribution >= 4 is 27.5 Å². The summed E-state index contributed by atoms with van der Waals surface area (Å²) in [7, 11) is 0. The number of benzene rings is 2. The Labute approximate surface area is 163 Å². The summed E-state index contributed by atoms with van der Waals surface area (Å²) < 4.78 is 7.11. The summed E-state index contributed by atoms with van der Waals surface area (Å²) >= 11 is 1.75. The molecule has 1 fully saturated rings. The molecule has 1 aliphatic rings. The Morgan fingerprint density at radius 2 is 2.11 bits per heavy atom. The number of carbonyl (C=O) groups is 1. The number of hydrogen-bond acceptors (Lipinski definition) is 4. The van der Waals surface area contributed by atoms with Crippen LogP contribution in [0, 0.1) is 6.92 Å². The van der Waals surface area contributed by atoms with Crippen molar-refractivity contribution in [2.75, 3.05) is 13.1 Å². The molecular weight excluding hydrogens is 356 g/mol. The molecule has 0 radical (unpaired) electrons. The van der Waals surface area contributed by atoms with Crippen molar-refractivity contribution in [3.63, 3.8) is 0 Å². The van der Waals surface area contributed by atoms with Crippen molar-refractivity contribution in [1.29, 1.82) is 0 Å². The van der Waals surface area contributed by atoms with Crippen LogP contribution in [0.2, 0.25) is 0 Å². The smallest absolute Gasteiger partial charge is 0.263 e. The van der Waals surface area contributed by atoms with Crippen molar-refractivity contribution in [3.05, 3.63) is 59.1 Å². The molecule has 0 N–H and O–H groups in total. The topological polar surface area (TPSA) is 42.4 Å². The molecule has 2 heterocycles. The van der Waals surface area contributed by atoms with Gasteiger partial charge in [-0.15, -0.1) is 11.3 Å². The van der Waals surface area contributed by atoms with E-state index >= 15 is 0 Å². The lowest BCUT2D eigenvalue weighted by atomic mass is 9.98. The number of likely N-dealkylation sites (tertiary alicyclic amines) is 1. The van der Waals surface area contributed by atoms with Crippen LogP contribution in [0.3, 0.4) is 0 Å². The third-order valence-electron chi connectivity index (χ3n) is 5.04. The maximum atomic E-state index is 12.9. The minimum absolute atomic E-state index is 0.0577. The van der Waals surface area contributed by atoms with Gasteiger partial charge in [0.1, 0.15) is 5.75 Å². The Balaban J connectivity index is 1.44. The zero-order chi connectivity index (χ0) is 18.8. The minimum Gasteiger partial charge on any atom is -0.481 e. The predicted octanol–water partition coefficient (Wildman–Crippen LogP) is 4.78. The highest BCUT2D eigenvalue weighted by Crippen LogP contribution is 2.33. The highest BCUT2D eigenvalue weighted by Gasteiger charge is 2.30. The van der Waals surface area contributed by atoms with Crippen LogP contribution in [0.4, 0.5) is 0 Å². The number of fused-ring (bicyclic) bond motifs is 1.